The second-order valence-electron chi connectivity index (χ2n) is 3.19. The Labute approximate surface area is 88.8 Å². The van der Waals surface area contributed by atoms with Crippen LogP contribution in [0.25, 0.3) is 0 Å². The third kappa shape index (κ3) is 3.04. The maximum absolute atomic E-state index is 11.4. The van der Waals surface area contributed by atoms with E-state index in [1.54, 1.807) is 24.3 Å². The smallest absolute Gasteiger partial charge is 0.314 e. The molecule has 0 amide bonds. The van der Waals surface area contributed by atoms with Crippen molar-refractivity contribution in [3.05, 3.63) is 29.3 Å². The summed E-state index contributed by atoms with van der Waals surface area (Å²) in [6.07, 6.45) is 0.777. The van der Waals surface area contributed by atoms with Crippen molar-refractivity contribution in [2.45, 2.75) is 20.3 Å². The van der Waals surface area contributed by atoms with Gasteiger partial charge in [-0.3, -0.25) is 4.79 Å². The first-order chi connectivity index (χ1) is 6.63. The van der Waals surface area contributed by atoms with Crippen LogP contribution in [0.1, 0.15) is 20.3 Å². The van der Waals surface area contributed by atoms with Crippen LogP contribution in [0.2, 0.25) is 5.02 Å². The first-order valence-electron chi connectivity index (χ1n) is 4.60. The highest BCUT2D eigenvalue weighted by atomic mass is 35.5. The Balaban J connectivity index is 2.65. The van der Waals surface area contributed by atoms with Gasteiger partial charge in [-0.25, -0.2) is 0 Å². The molecule has 0 fully saturated rings. The minimum atomic E-state index is -0.213. The Hall–Kier alpha value is -1.02. The van der Waals surface area contributed by atoms with Crippen molar-refractivity contribution in [2.24, 2.45) is 5.92 Å². The number of carbonyl (C=O) groups excluding carboxylic acids is 1. The fourth-order valence-electron chi connectivity index (χ4n) is 0.914. The zero-order valence-corrected chi connectivity index (χ0v) is 9.04. The van der Waals surface area contributed by atoms with Gasteiger partial charge in [0.05, 0.1) is 5.92 Å². The van der Waals surface area contributed by atoms with E-state index in [0.29, 0.717) is 10.8 Å². The molecule has 1 atom stereocenters. The predicted octanol–water partition coefficient (Wildman–Crippen LogP) is 3.29. The summed E-state index contributed by atoms with van der Waals surface area (Å²) in [6, 6.07) is 6.83. The summed E-state index contributed by atoms with van der Waals surface area (Å²) in [5.74, 6) is 0.214. The molecule has 1 aromatic rings. The topological polar surface area (TPSA) is 26.3 Å². The largest absolute Gasteiger partial charge is 0.426 e. The van der Waals surface area contributed by atoms with Gasteiger partial charge in [-0.1, -0.05) is 31.5 Å². The minimum Gasteiger partial charge on any atom is -0.426 e. The van der Waals surface area contributed by atoms with Crippen LogP contribution in [0.5, 0.6) is 5.75 Å². The van der Waals surface area contributed by atoms with E-state index in [4.69, 9.17) is 16.3 Å². The predicted molar refractivity (Wildman–Crippen MR) is 56.5 cm³/mol. The van der Waals surface area contributed by atoms with Gasteiger partial charge in [0, 0.05) is 5.02 Å². The van der Waals surface area contributed by atoms with Gasteiger partial charge in [-0.2, -0.15) is 0 Å². The van der Waals surface area contributed by atoms with Gasteiger partial charge in [0.25, 0.3) is 0 Å². The third-order valence-corrected chi connectivity index (χ3v) is 2.26. The molecule has 0 radical (unpaired) electrons. The lowest BCUT2D eigenvalue weighted by molar-refractivity contribution is -0.138. The lowest BCUT2D eigenvalue weighted by Crippen LogP contribution is -2.16. The van der Waals surface area contributed by atoms with Crippen LogP contribution in [-0.2, 0) is 4.79 Å². The number of carbonyl (C=O) groups is 1. The number of halogens is 1. The average Bonchev–Trinajstić information content (AvgIpc) is 2.16. The van der Waals surface area contributed by atoms with Crippen LogP contribution in [-0.4, -0.2) is 5.97 Å². The number of benzene rings is 1. The van der Waals surface area contributed by atoms with Crippen molar-refractivity contribution in [3.63, 3.8) is 0 Å². The fourth-order valence-corrected chi connectivity index (χ4v) is 1.09. The van der Waals surface area contributed by atoms with Gasteiger partial charge in [-0.05, 0) is 24.6 Å². The summed E-state index contributed by atoms with van der Waals surface area (Å²) in [4.78, 5) is 11.4. The zero-order chi connectivity index (χ0) is 10.6. The fraction of sp³-hybridized carbons (Fsp3) is 0.364. The maximum atomic E-state index is 11.4. The SMILES string of the molecule is CCC(C)C(=O)Oc1cccc(Cl)c1. The maximum Gasteiger partial charge on any atom is 0.314 e. The molecule has 0 saturated heterocycles. The van der Waals surface area contributed by atoms with E-state index < -0.39 is 0 Å². The molecule has 14 heavy (non-hydrogen) atoms. The molecule has 0 saturated carbocycles. The monoisotopic (exact) mass is 212 g/mol. The van der Waals surface area contributed by atoms with E-state index in [1.165, 1.54) is 0 Å². The highest BCUT2D eigenvalue weighted by Gasteiger charge is 2.12. The Morgan fingerprint density at radius 2 is 2.29 bits per heavy atom. The van der Waals surface area contributed by atoms with Gasteiger partial charge < -0.3 is 4.74 Å². The molecule has 0 aliphatic heterocycles. The molecule has 0 aliphatic carbocycles. The highest BCUT2D eigenvalue weighted by molar-refractivity contribution is 6.30. The van der Waals surface area contributed by atoms with E-state index in [-0.39, 0.29) is 11.9 Å². The minimum absolute atomic E-state index is 0.0750. The zero-order valence-electron chi connectivity index (χ0n) is 8.29. The summed E-state index contributed by atoms with van der Waals surface area (Å²) in [7, 11) is 0. The van der Waals surface area contributed by atoms with Crippen molar-refractivity contribution < 1.29 is 9.53 Å². The van der Waals surface area contributed by atoms with Crippen LogP contribution in [0, 0.1) is 5.92 Å². The number of esters is 1. The molecule has 1 unspecified atom stereocenters. The summed E-state index contributed by atoms with van der Waals surface area (Å²) in [5, 5.41) is 0.569. The molecule has 76 valence electrons. The van der Waals surface area contributed by atoms with E-state index >= 15 is 0 Å². The molecule has 0 aliphatic rings. The van der Waals surface area contributed by atoms with Crippen molar-refractivity contribution in [1.29, 1.82) is 0 Å². The third-order valence-electron chi connectivity index (χ3n) is 2.03. The molecular weight excluding hydrogens is 200 g/mol. The molecule has 1 aromatic carbocycles. The number of hydrogen-bond acceptors (Lipinski definition) is 2. The first kappa shape index (κ1) is 11.1. The van der Waals surface area contributed by atoms with E-state index in [1.807, 2.05) is 13.8 Å². The molecule has 0 spiro atoms. The van der Waals surface area contributed by atoms with Crippen molar-refractivity contribution in [1.82, 2.24) is 0 Å². The Morgan fingerprint density at radius 1 is 1.57 bits per heavy atom. The second-order valence-corrected chi connectivity index (χ2v) is 3.62. The lowest BCUT2D eigenvalue weighted by Gasteiger charge is -2.08. The lowest BCUT2D eigenvalue weighted by atomic mass is 10.1. The number of rotatable bonds is 3. The van der Waals surface area contributed by atoms with Crippen molar-refractivity contribution in [2.75, 3.05) is 0 Å². The molecule has 0 bridgehead atoms. The normalized spacial score (nSPS) is 12.2. The van der Waals surface area contributed by atoms with Crippen LogP contribution < -0.4 is 4.74 Å². The van der Waals surface area contributed by atoms with Gasteiger partial charge in [-0.15, -0.1) is 0 Å². The summed E-state index contributed by atoms with van der Waals surface area (Å²) in [5.41, 5.74) is 0. The van der Waals surface area contributed by atoms with Gasteiger partial charge >= 0.3 is 5.97 Å². The summed E-state index contributed by atoms with van der Waals surface area (Å²) >= 11 is 5.75. The Bertz CT molecular complexity index is 323. The van der Waals surface area contributed by atoms with Crippen molar-refractivity contribution >= 4 is 17.6 Å². The van der Waals surface area contributed by atoms with Crippen LogP contribution in [0.4, 0.5) is 0 Å². The van der Waals surface area contributed by atoms with Crippen LogP contribution >= 0.6 is 11.6 Å². The second kappa shape index (κ2) is 5.01. The van der Waals surface area contributed by atoms with E-state index in [0.717, 1.165) is 6.42 Å². The Kier molecular flexibility index (Phi) is 3.96. The molecule has 0 heterocycles. The summed E-state index contributed by atoms with van der Waals surface area (Å²) in [6.45, 7) is 3.79. The van der Waals surface area contributed by atoms with Crippen LogP contribution in [0.3, 0.4) is 0 Å². The molecule has 2 nitrogen and oxygen atoms in total. The van der Waals surface area contributed by atoms with Crippen LogP contribution in [0.15, 0.2) is 24.3 Å². The van der Waals surface area contributed by atoms with Crippen molar-refractivity contribution in [3.8, 4) is 5.75 Å². The van der Waals surface area contributed by atoms with E-state index in [2.05, 4.69) is 0 Å². The summed E-state index contributed by atoms with van der Waals surface area (Å²) < 4.78 is 5.12. The quantitative estimate of drug-likeness (QED) is 0.568. The Morgan fingerprint density at radius 3 is 2.86 bits per heavy atom. The van der Waals surface area contributed by atoms with Gasteiger partial charge in [0.2, 0.25) is 0 Å². The standard InChI is InChI=1S/C11H13ClO2/c1-3-8(2)11(13)14-10-6-4-5-9(12)7-10/h4-8H,3H2,1-2H3. The number of ether oxygens (including phenoxy) is 1. The molecule has 3 heteroatoms. The molecule has 0 N–H and O–H groups in total. The van der Waals surface area contributed by atoms with Gasteiger partial charge in [0.15, 0.2) is 0 Å². The van der Waals surface area contributed by atoms with E-state index in [9.17, 15) is 4.79 Å². The molecule has 1 rings (SSSR count). The molecular formula is C11H13ClO2. The first-order valence-corrected chi connectivity index (χ1v) is 4.98. The number of hydrogen-bond donors (Lipinski definition) is 0. The average molecular weight is 213 g/mol. The highest BCUT2D eigenvalue weighted by Crippen LogP contribution is 2.18. The molecule has 0 aromatic heterocycles. The van der Waals surface area contributed by atoms with Gasteiger partial charge in [0.1, 0.15) is 5.75 Å².